The summed E-state index contributed by atoms with van der Waals surface area (Å²) in [5, 5.41) is 0. The van der Waals surface area contributed by atoms with E-state index < -0.39 is 6.10 Å². The summed E-state index contributed by atoms with van der Waals surface area (Å²) in [5.74, 6) is 0.628. The number of carbonyl (C=O) groups excluding carboxylic acids is 1. The average molecular weight is 262 g/mol. The highest BCUT2D eigenvalue weighted by atomic mass is 16.6. The molecule has 1 aliphatic carbocycles. The molecule has 1 aromatic rings. The summed E-state index contributed by atoms with van der Waals surface area (Å²) < 4.78 is 10.2. The van der Waals surface area contributed by atoms with Gasteiger partial charge in [0, 0.05) is 12.2 Å². The summed E-state index contributed by atoms with van der Waals surface area (Å²) in [6.45, 7) is 1.80. The molecular formula is C14H18N2O3. The number of hydrogen-bond acceptors (Lipinski definition) is 5. The van der Waals surface area contributed by atoms with Crippen molar-refractivity contribution < 1.29 is 14.3 Å². The first kappa shape index (κ1) is 12.4. The molecule has 0 bridgehead atoms. The molecule has 1 fully saturated rings. The Kier molecular flexibility index (Phi) is 3.38. The number of anilines is 1. The number of fused-ring (bicyclic) bond motifs is 1. The van der Waals surface area contributed by atoms with Crippen molar-refractivity contribution in [3.8, 4) is 0 Å². The highest BCUT2D eigenvalue weighted by Crippen LogP contribution is 2.24. The Balaban J connectivity index is 1.76. The third-order valence-corrected chi connectivity index (χ3v) is 3.77. The second kappa shape index (κ2) is 5.17. The summed E-state index contributed by atoms with van der Waals surface area (Å²) in [4.78, 5) is 18.4. The van der Waals surface area contributed by atoms with Gasteiger partial charge in [-0.05, 0) is 30.9 Å². The van der Waals surface area contributed by atoms with Gasteiger partial charge in [0.15, 0.2) is 6.10 Å². The largest absolute Gasteiger partial charge is 0.467 e. The highest BCUT2D eigenvalue weighted by Gasteiger charge is 2.28. The normalized spacial score (nSPS) is 22.2. The Morgan fingerprint density at radius 1 is 1.47 bits per heavy atom. The van der Waals surface area contributed by atoms with Gasteiger partial charge in [-0.3, -0.25) is 0 Å². The second-order valence-electron chi connectivity index (χ2n) is 4.96. The summed E-state index contributed by atoms with van der Waals surface area (Å²) in [7, 11) is 1.39. The Hall–Kier alpha value is -1.62. The second-order valence-corrected chi connectivity index (χ2v) is 4.96. The fourth-order valence-electron chi connectivity index (χ4n) is 2.72. The van der Waals surface area contributed by atoms with E-state index in [2.05, 4.69) is 11.0 Å². The van der Waals surface area contributed by atoms with Crippen LogP contribution >= 0.6 is 0 Å². The number of aryl methyl sites for hydroxylation is 2. The Morgan fingerprint density at radius 2 is 2.37 bits per heavy atom. The van der Waals surface area contributed by atoms with E-state index >= 15 is 0 Å². The predicted octanol–water partition coefficient (Wildman–Crippen LogP) is 0.948. The zero-order valence-corrected chi connectivity index (χ0v) is 11.1. The van der Waals surface area contributed by atoms with Crippen molar-refractivity contribution in [1.82, 2.24) is 4.98 Å². The van der Waals surface area contributed by atoms with Crippen molar-refractivity contribution >= 4 is 11.8 Å². The zero-order valence-electron chi connectivity index (χ0n) is 11.1. The summed E-state index contributed by atoms with van der Waals surface area (Å²) in [5.41, 5.74) is 2.57. The van der Waals surface area contributed by atoms with Gasteiger partial charge in [0.05, 0.1) is 20.3 Å². The number of ether oxygens (including phenoxy) is 2. The summed E-state index contributed by atoms with van der Waals surface area (Å²) >= 11 is 0. The molecule has 0 saturated carbocycles. The van der Waals surface area contributed by atoms with Gasteiger partial charge in [-0.2, -0.15) is 0 Å². The smallest absolute Gasteiger partial charge is 0.336 e. The van der Waals surface area contributed by atoms with Crippen LogP contribution in [0.15, 0.2) is 12.1 Å². The zero-order chi connectivity index (χ0) is 13.2. The molecule has 2 aliphatic rings. The van der Waals surface area contributed by atoms with E-state index in [9.17, 15) is 4.79 Å². The van der Waals surface area contributed by atoms with Crippen LogP contribution in [0, 0.1) is 0 Å². The monoisotopic (exact) mass is 262 g/mol. The SMILES string of the molecule is COC(=O)C1CN(c2ccc3c(n2)CCC3)CCO1. The number of pyridine rings is 1. The van der Waals surface area contributed by atoms with E-state index in [1.165, 1.54) is 24.8 Å². The number of carbonyl (C=O) groups is 1. The van der Waals surface area contributed by atoms with Crippen molar-refractivity contribution in [1.29, 1.82) is 0 Å². The average Bonchev–Trinajstić information content (AvgIpc) is 2.94. The van der Waals surface area contributed by atoms with Gasteiger partial charge < -0.3 is 14.4 Å². The molecule has 1 aliphatic heterocycles. The van der Waals surface area contributed by atoms with E-state index in [-0.39, 0.29) is 5.97 Å². The van der Waals surface area contributed by atoms with Crippen molar-refractivity contribution in [3.63, 3.8) is 0 Å². The minimum atomic E-state index is -0.506. The van der Waals surface area contributed by atoms with Crippen LogP contribution in [-0.2, 0) is 27.1 Å². The molecular weight excluding hydrogens is 244 g/mol. The van der Waals surface area contributed by atoms with Gasteiger partial charge in [0.2, 0.25) is 0 Å². The quantitative estimate of drug-likeness (QED) is 0.743. The third kappa shape index (κ3) is 2.42. The van der Waals surface area contributed by atoms with Crippen LogP contribution in [0.3, 0.4) is 0 Å². The van der Waals surface area contributed by atoms with Gasteiger partial charge in [0.25, 0.3) is 0 Å². The molecule has 0 aromatic carbocycles. The van der Waals surface area contributed by atoms with E-state index in [0.717, 1.165) is 25.2 Å². The highest BCUT2D eigenvalue weighted by molar-refractivity contribution is 5.75. The third-order valence-electron chi connectivity index (χ3n) is 3.77. The fourth-order valence-corrected chi connectivity index (χ4v) is 2.72. The first-order valence-electron chi connectivity index (χ1n) is 6.71. The molecule has 2 heterocycles. The van der Waals surface area contributed by atoms with Crippen LogP contribution in [0.4, 0.5) is 5.82 Å². The summed E-state index contributed by atoms with van der Waals surface area (Å²) in [6.07, 6.45) is 2.89. The van der Waals surface area contributed by atoms with Gasteiger partial charge in [-0.15, -0.1) is 0 Å². The lowest BCUT2D eigenvalue weighted by Gasteiger charge is -2.32. The van der Waals surface area contributed by atoms with Crippen molar-refractivity contribution in [2.24, 2.45) is 0 Å². The van der Waals surface area contributed by atoms with Crippen LogP contribution in [0.2, 0.25) is 0 Å². The molecule has 0 radical (unpaired) electrons. The number of hydrogen-bond donors (Lipinski definition) is 0. The molecule has 1 saturated heterocycles. The molecule has 0 N–H and O–H groups in total. The molecule has 3 rings (SSSR count). The molecule has 5 nitrogen and oxygen atoms in total. The maximum atomic E-state index is 11.5. The maximum absolute atomic E-state index is 11.5. The number of morpholine rings is 1. The molecule has 19 heavy (non-hydrogen) atoms. The van der Waals surface area contributed by atoms with E-state index in [0.29, 0.717) is 13.2 Å². The van der Waals surface area contributed by atoms with Gasteiger partial charge in [0.1, 0.15) is 5.82 Å². The van der Waals surface area contributed by atoms with Crippen LogP contribution in [0.25, 0.3) is 0 Å². The molecule has 5 heteroatoms. The molecule has 1 atom stereocenters. The van der Waals surface area contributed by atoms with E-state index in [1.807, 2.05) is 6.07 Å². The number of rotatable bonds is 2. The topological polar surface area (TPSA) is 51.7 Å². The van der Waals surface area contributed by atoms with Crippen LogP contribution in [0.5, 0.6) is 0 Å². The van der Waals surface area contributed by atoms with Gasteiger partial charge in [-0.1, -0.05) is 6.07 Å². The van der Waals surface area contributed by atoms with Crippen molar-refractivity contribution in [2.45, 2.75) is 25.4 Å². The lowest BCUT2D eigenvalue weighted by atomic mass is 10.2. The lowest BCUT2D eigenvalue weighted by Crippen LogP contribution is -2.47. The summed E-state index contributed by atoms with van der Waals surface area (Å²) in [6, 6.07) is 4.21. The van der Waals surface area contributed by atoms with E-state index in [1.54, 1.807) is 0 Å². The molecule has 0 amide bonds. The van der Waals surface area contributed by atoms with Crippen molar-refractivity contribution in [3.05, 3.63) is 23.4 Å². The minimum absolute atomic E-state index is 0.314. The first-order valence-corrected chi connectivity index (χ1v) is 6.71. The Morgan fingerprint density at radius 3 is 3.21 bits per heavy atom. The predicted molar refractivity (Wildman–Crippen MR) is 70.2 cm³/mol. The minimum Gasteiger partial charge on any atom is -0.467 e. The van der Waals surface area contributed by atoms with Gasteiger partial charge >= 0.3 is 5.97 Å². The number of aromatic nitrogens is 1. The molecule has 1 aromatic heterocycles. The molecule has 102 valence electrons. The van der Waals surface area contributed by atoms with Crippen LogP contribution < -0.4 is 4.90 Å². The number of methoxy groups -OCH3 is 1. The lowest BCUT2D eigenvalue weighted by molar-refractivity contribution is -0.154. The molecule has 1 unspecified atom stereocenters. The van der Waals surface area contributed by atoms with Crippen molar-refractivity contribution in [2.75, 3.05) is 31.7 Å². The van der Waals surface area contributed by atoms with E-state index in [4.69, 9.17) is 14.5 Å². The van der Waals surface area contributed by atoms with Crippen LogP contribution in [0.1, 0.15) is 17.7 Å². The number of esters is 1. The van der Waals surface area contributed by atoms with Crippen LogP contribution in [-0.4, -0.2) is 43.9 Å². The first-order chi connectivity index (χ1) is 9.28. The number of nitrogens with zero attached hydrogens (tertiary/aromatic N) is 2. The fraction of sp³-hybridized carbons (Fsp3) is 0.571. The standard InChI is InChI=1S/C14H18N2O3/c1-18-14(17)12-9-16(7-8-19-12)13-6-5-10-3-2-4-11(10)15-13/h5-6,12H,2-4,7-9H2,1H3. The van der Waals surface area contributed by atoms with Gasteiger partial charge in [-0.25, -0.2) is 9.78 Å². The Labute approximate surface area is 112 Å². The molecule has 0 spiro atoms. The maximum Gasteiger partial charge on any atom is 0.336 e. The Bertz CT molecular complexity index is 490.